The number of carbonyl (C=O) groups is 1. The molecule has 0 aromatic heterocycles. The van der Waals surface area contributed by atoms with E-state index in [1.807, 2.05) is 79.1 Å². The predicted octanol–water partition coefficient (Wildman–Crippen LogP) is 3.44. The summed E-state index contributed by atoms with van der Waals surface area (Å²) in [6.07, 6.45) is 22.1. The minimum atomic E-state index is 0.0706. The van der Waals surface area contributed by atoms with Gasteiger partial charge in [-0.3, -0.25) is 4.79 Å². The summed E-state index contributed by atoms with van der Waals surface area (Å²) in [5.74, 6) is 0.0706. The molecular formula is C20H21N2O+. The topological polar surface area (TPSA) is 32.1 Å². The Morgan fingerprint density at radius 1 is 0.826 bits per heavy atom. The van der Waals surface area contributed by atoms with Crippen LogP contribution in [-0.2, 0) is 4.79 Å². The first-order chi connectivity index (χ1) is 11.3. The molecule has 0 atom stereocenters. The smallest absolute Gasteiger partial charge is 0.269 e. The predicted molar refractivity (Wildman–Crippen MR) is 96.0 cm³/mol. The van der Waals surface area contributed by atoms with E-state index in [2.05, 4.69) is 23.6 Å². The van der Waals surface area contributed by atoms with E-state index < -0.39 is 0 Å². The number of benzene rings is 1. The van der Waals surface area contributed by atoms with Gasteiger partial charge in [0.1, 0.15) is 0 Å². The monoisotopic (exact) mass is 305 g/mol. The van der Waals surface area contributed by atoms with Crippen LogP contribution in [0.25, 0.3) is 6.08 Å². The Labute approximate surface area is 137 Å². The van der Waals surface area contributed by atoms with Gasteiger partial charge in [-0.15, -0.1) is 10.1 Å². The molecule has 0 bridgehead atoms. The fourth-order valence-electron chi connectivity index (χ4n) is 1.94. The van der Waals surface area contributed by atoms with Gasteiger partial charge < -0.3 is 0 Å². The van der Waals surface area contributed by atoms with Crippen LogP contribution in [0.1, 0.15) is 12.0 Å². The molecule has 1 amide bonds. The van der Waals surface area contributed by atoms with Crippen molar-refractivity contribution in [3.05, 3.63) is 90.6 Å². The summed E-state index contributed by atoms with van der Waals surface area (Å²) in [7, 11) is 0. The zero-order chi connectivity index (χ0) is 16.2. The van der Waals surface area contributed by atoms with E-state index >= 15 is 0 Å². The van der Waals surface area contributed by atoms with Crippen molar-refractivity contribution in [2.24, 2.45) is 0 Å². The first-order valence-corrected chi connectivity index (χ1v) is 7.64. The highest BCUT2D eigenvalue weighted by molar-refractivity contribution is 5.77. The molecule has 0 saturated carbocycles. The van der Waals surface area contributed by atoms with Crippen molar-refractivity contribution in [2.75, 3.05) is 6.54 Å². The molecule has 0 unspecified atom stereocenters. The molecule has 0 spiro atoms. The highest BCUT2D eigenvalue weighted by Crippen LogP contribution is 2.00. The summed E-state index contributed by atoms with van der Waals surface area (Å²) >= 11 is 0. The zero-order valence-electron chi connectivity index (χ0n) is 13.0. The standard InChI is InChI=1S/C20H20N2O/c23-20-16-18-22(21-20)17-12-7-5-3-1-2-4-6-9-13-19-14-10-8-11-15-19/h1-15,17H,16,18H2/p+1/b2-1+,5-3+,6-4+,12-7-,13-9+,22-17-. The Morgan fingerprint density at radius 2 is 1.43 bits per heavy atom. The van der Waals surface area contributed by atoms with Crippen LogP contribution >= 0.6 is 0 Å². The largest absolute Gasteiger partial charge is 0.280 e. The lowest BCUT2D eigenvalue weighted by molar-refractivity contribution is -0.553. The maximum atomic E-state index is 11.0. The van der Waals surface area contributed by atoms with Crippen molar-refractivity contribution in [3.63, 3.8) is 0 Å². The van der Waals surface area contributed by atoms with Crippen molar-refractivity contribution < 1.29 is 9.48 Å². The van der Waals surface area contributed by atoms with Crippen molar-refractivity contribution in [1.82, 2.24) is 5.43 Å². The number of nitrogens with zero attached hydrogens (tertiary/aromatic N) is 1. The van der Waals surface area contributed by atoms with Gasteiger partial charge in [0.05, 0.1) is 6.42 Å². The second kappa shape index (κ2) is 9.90. The van der Waals surface area contributed by atoms with Crippen LogP contribution in [0, 0.1) is 0 Å². The van der Waals surface area contributed by atoms with Crippen LogP contribution < -0.4 is 5.43 Å². The summed E-state index contributed by atoms with van der Waals surface area (Å²) in [6.45, 7) is 0.730. The van der Waals surface area contributed by atoms with Crippen LogP contribution in [0.2, 0.25) is 0 Å². The molecule has 1 heterocycles. The molecule has 23 heavy (non-hydrogen) atoms. The summed E-state index contributed by atoms with van der Waals surface area (Å²) in [4.78, 5) is 11.0. The normalized spacial score (nSPS) is 17.7. The lowest BCUT2D eigenvalue weighted by Gasteiger charge is -1.87. The van der Waals surface area contributed by atoms with Gasteiger partial charge in [0.2, 0.25) is 0 Å². The second-order valence-electron chi connectivity index (χ2n) is 4.94. The van der Waals surface area contributed by atoms with Crippen LogP contribution in [0.15, 0.2) is 85.0 Å². The van der Waals surface area contributed by atoms with Gasteiger partial charge in [-0.05, 0) is 5.56 Å². The number of hydrogen-bond donors (Lipinski definition) is 1. The minimum Gasteiger partial charge on any atom is -0.269 e. The molecular weight excluding hydrogens is 284 g/mol. The highest BCUT2D eigenvalue weighted by atomic mass is 16.2. The Hall–Kier alpha value is -2.94. The third-order valence-electron chi connectivity index (χ3n) is 3.09. The summed E-state index contributed by atoms with van der Waals surface area (Å²) < 4.78 is 1.78. The Morgan fingerprint density at radius 3 is 2.04 bits per heavy atom. The molecule has 1 aliphatic rings. The Balaban J connectivity index is 1.67. The number of rotatable bonds is 6. The first kappa shape index (κ1) is 16.4. The van der Waals surface area contributed by atoms with Gasteiger partial charge in [-0.2, -0.15) is 0 Å². The highest BCUT2D eigenvalue weighted by Gasteiger charge is 2.19. The number of amides is 1. The van der Waals surface area contributed by atoms with E-state index in [0.29, 0.717) is 6.42 Å². The van der Waals surface area contributed by atoms with Gasteiger partial charge in [0, 0.05) is 6.08 Å². The molecule has 2 rings (SSSR count). The van der Waals surface area contributed by atoms with Crippen LogP contribution in [0.4, 0.5) is 0 Å². The fraction of sp³-hybridized carbons (Fsp3) is 0.100. The summed E-state index contributed by atoms with van der Waals surface area (Å²) in [6, 6.07) is 10.2. The molecule has 1 aromatic carbocycles. The number of allylic oxidation sites excluding steroid dienone is 9. The van der Waals surface area contributed by atoms with E-state index in [4.69, 9.17) is 0 Å². The number of hydrogen-bond acceptors (Lipinski definition) is 1. The Kier molecular flexibility index (Phi) is 7.07. The van der Waals surface area contributed by atoms with E-state index in [1.54, 1.807) is 4.68 Å². The van der Waals surface area contributed by atoms with E-state index in [0.717, 1.165) is 6.54 Å². The molecule has 1 aliphatic heterocycles. The molecule has 116 valence electrons. The van der Waals surface area contributed by atoms with Gasteiger partial charge in [0.15, 0.2) is 12.8 Å². The molecule has 1 fully saturated rings. The molecule has 0 aliphatic carbocycles. The maximum Gasteiger partial charge on any atom is 0.280 e. The van der Waals surface area contributed by atoms with Gasteiger partial charge >= 0.3 is 0 Å². The lowest BCUT2D eigenvalue weighted by Crippen LogP contribution is -2.24. The van der Waals surface area contributed by atoms with Crippen LogP contribution in [0.3, 0.4) is 0 Å². The maximum absolute atomic E-state index is 11.0. The molecule has 1 aromatic rings. The van der Waals surface area contributed by atoms with E-state index in [-0.39, 0.29) is 5.91 Å². The number of hydrazine groups is 1. The lowest BCUT2D eigenvalue weighted by atomic mass is 10.2. The number of hydrazone groups is 1. The zero-order valence-corrected chi connectivity index (χ0v) is 13.0. The van der Waals surface area contributed by atoms with E-state index in [1.165, 1.54) is 5.56 Å². The Bertz CT molecular complexity index is 677. The van der Waals surface area contributed by atoms with Crippen molar-refractivity contribution in [1.29, 1.82) is 0 Å². The van der Waals surface area contributed by atoms with Gasteiger partial charge in [0.25, 0.3) is 5.91 Å². The van der Waals surface area contributed by atoms with E-state index in [9.17, 15) is 4.79 Å². The van der Waals surface area contributed by atoms with Crippen molar-refractivity contribution in [3.8, 4) is 0 Å². The quantitative estimate of drug-likeness (QED) is 0.633. The van der Waals surface area contributed by atoms with Crippen molar-refractivity contribution in [2.45, 2.75) is 6.42 Å². The van der Waals surface area contributed by atoms with Crippen molar-refractivity contribution >= 4 is 18.2 Å². The van der Waals surface area contributed by atoms with Gasteiger partial charge in [-0.1, -0.05) is 85.0 Å². The average molecular weight is 305 g/mol. The molecule has 1 N–H and O–H groups in total. The number of nitrogens with one attached hydrogen (secondary N) is 1. The average Bonchev–Trinajstić information content (AvgIpc) is 2.99. The molecule has 3 heteroatoms. The summed E-state index contributed by atoms with van der Waals surface area (Å²) in [5.41, 5.74) is 3.92. The second-order valence-corrected chi connectivity index (χ2v) is 4.94. The molecule has 1 saturated heterocycles. The first-order valence-electron chi connectivity index (χ1n) is 7.64. The minimum absolute atomic E-state index is 0.0706. The molecule has 3 nitrogen and oxygen atoms in total. The van der Waals surface area contributed by atoms with Crippen LogP contribution in [-0.4, -0.2) is 23.4 Å². The van der Waals surface area contributed by atoms with Crippen LogP contribution in [0.5, 0.6) is 0 Å². The fourth-order valence-corrected chi connectivity index (χ4v) is 1.94. The third kappa shape index (κ3) is 7.05. The SMILES string of the molecule is O=C1CC/[N+](=C/C=C\C=C\C=C\C=C\C=C\c2ccccc2)N1. The van der Waals surface area contributed by atoms with Gasteiger partial charge in [-0.25, -0.2) is 0 Å². The summed E-state index contributed by atoms with van der Waals surface area (Å²) in [5, 5.41) is 0. The molecule has 0 radical (unpaired) electrons. The third-order valence-corrected chi connectivity index (χ3v) is 3.09. The number of carbonyl (C=O) groups excluding carboxylic acids is 1.